The minimum absolute atomic E-state index is 0.218. The average Bonchev–Trinajstić information content (AvgIpc) is 2.42. The van der Waals surface area contributed by atoms with Crippen molar-refractivity contribution in [3.8, 4) is 0 Å². The molecule has 0 heterocycles. The molecular formula is C14H19N3O4S. The van der Waals surface area contributed by atoms with E-state index in [0.717, 1.165) is 0 Å². The van der Waals surface area contributed by atoms with Gasteiger partial charge in [0.1, 0.15) is 6.04 Å². The number of hydrogen-bond acceptors (Lipinski definition) is 4. The van der Waals surface area contributed by atoms with Crippen molar-refractivity contribution in [3.05, 3.63) is 24.3 Å². The van der Waals surface area contributed by atoms with Crippen molar-refractivity contribution in [1.29, 1.82) is 0 Å². The third-order valence-corrected chi connectivity index (χ3v) is 3.30. The molecule has 0 saturated carbocycles. The molecule has 0 aromatic heterocycles. The van der Waals surface area contributed by atoms with Crippen LogP contribution in [0.25, 0.3) is 0 Å². The first kappa shape index (κ1) is 17.8. The second-order valence-electron chi connectivity index (χ2n) is 4.53. The fourth-order valence-corrected chi connectivity index (χ4v) is 2.17. The van der Waals surface area contributed by atoms with Crippen molar-refractivity contribution < 1.29 is 19.5 Å². The number of thioether (sulfide) groups is 1. The zero-order valence-electron chi connectivity index (χ0n) is 12.4. The third-order valence-electron chi connectivity index (χ3n) is 2.65. The van der Waals surface area contributed by atoms with Crippen molar-refractivity contribution in [2.45, 2.75) is 19.4 Å². The molecule has 1 atom stereocenters. The maximum atomic E-state index is 11.8. The summed E-state index contributed by atoms with van der Waals surface area (Å²) < 4.78 is 0. The number of hydrogen-bond donors (Lipinski definition) is 4. The van der Waals surface area contributed by atoms with E-state index in [-0.39, 0.29) is 5.91 Å². The molecule has 0 aliphatic rings. The lowest BCUT2D eigenvalue weighted by Gasteiger charge is -2.15. The van der Waals surface area contributed by atoms with E-state index in [2.05, 4.69) is 16.0 Å². The smallest absolute Gasteiger partial charge is 0.326 e. The van der Waals surface area contributed by atoms with Crippen molar-refractivity contribution in [2.75, 3.05) is 22.6 Å². The number of rotatable bonds is 7. The largest absolute Gasteiger partial charge is 0.480 e. The zero-order valence-corrected chi connectivity index (χ0v) is 13.2. The number of amides is 3. The van der Waals surface area contributed by atoms with Gasteiger partial charge in [-0.1, -0.05) is 6.07 Å². The van der Waals surface area contributed by atoms with Gasteiger partial charge < -0.3 is 21.1 Å². The van der Waals surface area contributed by atoms with Crippen molar-refractivity contribution in [2.24, 2.45) is 0 Å². The predicted octanol–water partition coefficient (Wildman–Crippen LogP) is 1.97. The normalized spacial score (nSPS) is 11.4. The number of carbonyl (C=O) groups is 3. The van der Waals surface area contributed by atoms with Gasteiger partial charge >= 0.3 is 12.0 Å². The Balaban J connectivity index is 2.63. The molecule has 120 valence electrons. The van der Waals surface area contributed by atoms with Crippen LogP contribution < -0.4 is 16.0 Å². The first-order valence-electron chi connectivity index (χ1n) is 6.59. The number of carboxylic acids is 1. The number of carbonyl (C=O) groups excluding carboxylic acids is 2. The highest BCUT2D eigenvalue weighted by Gasteiger charge is 2.19. The predicted molar refractivity (Wildman–Crippen MR) is 87.3 cm³/mol. The first-order chi connectivity index (χ1) is 10.4. The molecule has 7 nitrogen and oxygen atoms in total. The van der Waals surface area contributed by atoms with Gasteiger partial charge in [-0.25, -0.2) is 9.59 Å². The molecule has 22 heavy (non-hydrogen) atoms. The molecule has 1 unspecified atom stereocenters. The Hall–Kier alpha value is -2.22. The Bertz CT molecular complexity index is 551. The van der Waals surface area contributed by atoms with E-state index in [4.69, 9.17) is 5.11 Å². The molecular weight excluding hydrogens is 306 g/mol. The van der Waals surface area contributed by atoms with Crippen LogP contribution >= 0.6 is 11.8 Å². The number of carboxylic acid groups (broad SMARTS) is 1. The van der Waals surface area contributed by atoms with Gasteiger partial charge in [0.2, 0.25) is 5.91 Å². The molecule has 0 saturated heterocycles. The first-order valence-corrected chi connectivity index (χ1v) is 7.98. The van der Waals surface area contributed by atoms with E-state index in [9.17, 15) is 14.4 Å². The Kier molecular flexibility index (Phi) is 7.24. The summed E-state index contributed by atoms with van der Waals surface area (Å²) in [5, 5.41) is 16.6. The van der Waals surface area contributed by atoms with Gasteiger partial charge in [0.25, 0.3) is 0 Å². The van der Waals surface area contributed by atoms with Crippen LogP contribution in [0.5, 0.6) is 0 Å². The molecule has 0 fully saturated rings. The van der Waals surface area contributed by atoms with E-state index in [1.807, 2.05) is 6.26 Å². The van der Waals surface area contributed by atoms with E-state index >= 15 is 0 Å². The van der Waals surface area contributed by atoms with Crippen LogP contribution in [-0.2, 0) is 9.59 Å². The molecule has 1 aromatic carbocycles. The molecule has 1 rings (SSSR count). The van der Waals surface area contributed by atoms with Gasteiger partial charge in [-0.3, -0.25) is 4.79 Å². The lowest BCUT2D eigenvalue weighted by molar-refractivity contribution is -0.139. The van der Waals surface area contributed by atoms with Crippen LogP contribution in [0.15, 0.2) is 24.3 Å². The Morgan fingerprint density at radius 3 is 2.41 bits per heavy atom. The van der Waals surface area contributed by atoms with Gasteiger partial charge in [-0.2, -0.15) is 11.8 Å². The number of benzene rings is 1. The summed E-state index contributed by atoms with van der Waals surface area (Å²) in [6.45, 7) is 1.38. The molecule has 4 N–H and O–H groups in total. The summed E-state index contributed by atoms with van der Waals surface area (Å²) in [5.41, 5.74) is 1.00. The summed E-state index contributed by atoms with van der Waals surface area (Å²) in [6.07, 6.45) is 2.21. The molecule has 0 aliphatic carbocycles. The molecule has 0 bridgehead atoms. The van der Waals surface area contributed by atoms with Crippen molar-refractivity contribution >= 4 is 41.0 Å². The number of urea groups is 1. The topological polar surface area (TPSA) is 108 Å². The highest BCUT2D eigenvalue weighted by atomic mass is 32.2. The fraction of sp³-hybridized carbons (Fsp3) is 0.357. The van der Waals surface area contributed by atoms with Crippen LogP contribution in [0.2, 0.25) is 0 Å². The van der Waals surface area contributed by atoms with E-state index in [1.54, 1.807) is 24.3 Å². The van der Waals surface area contributed by atoms with Crippen LogP contribution in [-0.4, -0.2) is 41.1 Å². The van der Waals surface area contributed by atoms with Gasteiger partial charge in [-0.05, 0) is 36.6 Å². The van der Waals surface area contributed by atoms with Gasteiger partial charge in [-0.15, -0.1) is 0 Å². The van der Waals surface area contributed by atoms with Crippen LogP contribution in [0.3, 0.4) is 0 Å². The van der Waals surface area contributed by atoms with Crippen LogP contribution in [0.1, 0.15) is 13.3 Å². The number of aliphatic carboxylic acids is 1. The van der Waals surface area contributed by atoms with E-state index < -0.39 is 18.0 Å². The van der Waals surface area contributed by atoms with E-state index in [0.29, 0.717) is 23.5 Å². The maximum absolute atomic E-state index is 11.8. The lowest BCUT2D eigenvalue weighted by Crippen LogP contribution is -2.43. The molecule has 8 heteroatoms. The van der Waals surface area contributed by atoms with Gasteiger partial charge in [0.05, 0.1) is 0 Å². The Labute approximate surface area is 132 Å². The Morgan fingerprint density at radius 1 is 1.23 bits per heavy atom. The highest BCUT2D eigenvalue weighted by molar-refractivity contribution is 7.98. The number of nitrogens with one attached hydrogen (secondary N) is 3. The third kappa shape index (κ3) is 6.49. The molecule has 0 radical (unpaired) electrons. The van der Waals surface area contributed by atoms with Crippen LogP contribution in [0.4, 0.5) is 16.2 Å². The molecule has 3 amide bonds. The Morgan fingerprint density at radius 2 is 1.86 bits per heavy atom. The monoisotopic (exact) mass is 325 g/mol. The number of anilines is 2. The summed E-state index contributed by atoms with van der Waals surface area (Å²) in [6, 6.07) is 5.03. The minimum Gasteiger partial charge on any atom is -0.480 e. The van der Waals surface area contributed by atoms with Crippen molar-refractivity contribution in [3.63, 3.8) is 0 Å². The quantitative estimate of drug-likeness (QED) is 0.613. The summed E-state index contributed by atoms with van der Waals surface area (Å²) >= 11 is 1.51. The molecule has 0 aliphatic heterocycles. The second kappa shape index (κ2) is 8.93. The average molecular weight is 325 g/mol. The van der Waals surface area contributed by atoms with Crippen molar-refractivity contribution in [1.82, 2.24) is 5.32 Å². The van der Waals surface area contributed by atoms with Gasteiger partial charge in [0.15, 0.2) is 0 Å². The highest BCUT2D eigenvalue weighted by Crippen LogP contribution is 2.15. The van der Waals surface area contributed by atoms with Gasteiger partial charge in [0, 0.05) is 18.3 Å². The summed E-state index contributed by atoms with van der Waals surface area (Å²) in [7, 11) is 0. The van der Waals surface area contributed by atoms with E-state index in [1.165, 1.54) is 18.7 Å². The maximum Gasteiger partial charge on any atom is 0.326 e. The molecule has 1 aromatic rings. The SMILES string of the molecule is CSCCC(NC(=O)Nc1cccc(NC(C)=O)c1)C(=O)O. The molecule has 0 spiro atoms. The summed E-state index contributed by atoms with van der Waals surface area (Å²) in [4.78, 5) is 33.9. The summed E-state index contributed by atoms with van der Waals surface area (Å²) in [5.74, 6) is -0.657. The lowest BCUT2D eigenvalue weighted by atomic mass is 10.2. The standard InChI is InChI=1S/C14H19N3O4S/c1-9(18)15-10-4-3-5-11(8-10)16-14(21)17-12(13(19)20)6-7-22-2/h3-5,8,12H,6-7H2,1-2H3,(H,15,18)(H,19,20)(H2,16,17,21). The zero-order chi connectivity index (χ0) is 16.5. The second-order valence-corrected chi connectivity index (χ2v) is 5.52. The fourth-order valence-electron chi connectivity index (χ4n) is 1.70. The minimum atomic E-state index is -1.07. The van der Waals surface area contributed by atoms with Crippen LogP contribution in [0, 0.1) is 0 Å².